The standard InChI is InChI=1S/C26H32N4O5S2/c1-4-5-6-23(31)22-15-20(16-27)24(28-26(22)36-3)30-13-11-19(12-14-30)25(32)29-37(33,34)17-18-7-9-21(35-2)10-8-18/h7-10,15,19H,4-6,11-14,17H2,1-3H3,(H,29,32). The van der Waals surface area contributed by atoms with Gasteiger partial charge in [0.15, 0.2) is 5.78 Å². The molecule has 1 aliphatic rings. The number of sulfonamides is 1. The number of nitrogens with one attached hydrogen (secondary N) is 1. The van der Waals surface area contributed by atoms with Crippen LogP contribution in [0.2, 0.25) is 0 Å². The number of methoxy groups -OCH3 is 1. The first-order valence-electron chi connectivity index (χ1n) is 12.2. The van der Waals surface area contributed by atoms with Gasteiger partial charge < -0.3 is 9.64 Å². The van der Waals surface area contributed by atoms with E-state index in [0.717, 1.165) is 12.8 Å². The Hall–Kier alpha value is -3.10. The Morgan fingerprint density at radius 2 is 1.92 bits per heavy atom. The number of Topliss-reactive ketones (excluding diaryl/α,β-unsaturated/α-hetero) is 1. The van der Waals surface area contributed by atoms with E-state index in [9.17, 15) is 23.3 Å². The molecular weight excluding hydrogens is 512 g/mol. The molecule has 1 saturated heterocycles. The maximum absolute atomic E-state index is 12.7. The first kappa shape index (κ1) is 28.5. The number of carbonyl (C=O) groups is 2. The van der Waals surface area contributed by atoms with E-state index in [2.05, 4.69) is 15.8 Å². The molecule has 0 saturated carbocycles. The summed E-state index contributed by atoms with van der Waals surface area (Å²) in [6.07, 6.45) is 4.78. The SMILES string of the molecule is CCCCC(=O)c1cc(C#N)c(N2CCC(C(=O)NS(=O)(=O)Cc3ccc(OC)cc3)CC2)nc1SC. The van der Waals surface area contributed by atoms with Crippen molar-refractivity contribution in [2.75, 3.05) is 31.4 Å². The Morgan fingerprint density at radius 1 is 1.24 bits per heavy atom. The van der Waals surface area contributed by atoms with Crippen molar-refractivity contribution < 1.29 is 22.7 Å². The van der Waals surface area contributed by atoms with E-state index in [4.69, 9.17) is 4.74 Å². The largest absolute Gasteiger partial charge is 0.497 e. The molecule has 0 bridgehead atoms. The second-order valence-electron chi connectivity index (χ2n) is 8.89. The third-order valence-corrected chi connectivity index (χ3v) is 8.20. The summed E-state index contributed by atoms with van der Waals surface area (Å²) in [5.41, 5.74) is 1.34. The number of nitrogens with zero attached hydrogens (tertiary/aromatic N) is 3. The molecule has 0 spiro atoms. The summed E-state index contributed by atoms with van der Waals surface area (Å²) in [6.45, 7) is 2.90. The number of nitriles is 1. The summed E-state index contributed by atoms with van der Waals surface area (Å²) in [7, 11) is -2.32. The van der Waals surface area contributed by atoms with E-state index in [1.165, 1.54) is 18.9 Å². The highest BCUT2D eigenvalue weighted by Crippen LogP contribution is 2.30. The van der Waals surface area contributed by atoms with Crippen molar-refractivity contribution in [2.24, 2.45) is 5.92 Å². The van der Waals surface area contributed by atoms with Crippen molar-refractivity contribution in [1.29, 1.82) is 5.26 Å². The Balaban J connectivity index is 1.65. The van der Waals surface area contributed by atoms with Gasteiger partial charge in [0.25, 0.3) is 0 Å². The molecule has 0 atom stereocenters. The van der Waals surface area contributed by atoms with E-state index in [1.807, 2.05) is 18.1 Å². The van der Waals surface area contributed by atoms with Gasteiger partial charge in [0.2, 0.25) is 15.9 Å². The van der Waals surface area contributed by atoms with Crippen LogP contribution in [0.4, 0.5) is 5.82 Å². The van der Waals surface area contributed by atoms with Gasteiger partial charge in [0.05, 0.1) is 24.0 Å². The molecule has 0 unspecified atom stereocenters. The number of ketones is 1. The van der Waals surface area contributed by atoms with E-state index in [0.29, 0.717) is 65.6 Å². The number of hydrogen-bond acceptors (Lipinski definition) is 9. The zero-order valence-electron chi connectivity index (χ0n) is 21.3. The molecule has 9 nitrogen and oxygen atoms in total. The number of rotatable bonds is 11. The number of aromatic nitrogens is 1. The quantitative estimate of drug-likeness (QED) is 0.330. The van der Waals surface area contributed by atoms with Gasteiger partial charge in [-0.05, 0) is 49.3 Å². The Kier molecular flexibility index (Phi) is 9.94. The summed E-state index contributed by atoms with van der Waals surface area (Å²) < 4.78 is 32.4. The summed E-state index contributed by atoms with van der Waals surface area (Å²) in [5.74, 6) is -0.213. The van der Waals surface area contributed by atoms with Crippen LogP contribution in [0.1, 0.15) is 60.5 Å². The molecule has 0 radical (unpaired) electrons. The number of piperidine rings is 1. The Bertz CT molecular complexity index is 1270. The minimum Gasteiger partial charge on any atom is -0.497 e. The van der Waals surface area contributed by atoms with Crippen molar-refractivity contribution in [2.45, 2.75) is 49.8 Å². The van der Waals surface area contributed by atoms with Crippen LogP contribution in [0.5, 0.6) is 5.75 Å². The molecule has 1 fully saturated rings. The molecule has 37 heavy (non-hydrogen) atoms. The number of amides is 1. The number of carbonyl (C=O) groups excluding carboxylic acids is 2. The minimum atomic E-state index is -3.85. The molecule has 198 valence electrons. The van der Waals surface area contributed by atoms with Gasteiger partial charge in [-0.3, -0.25) is 14.3 Å². The number of pyridine rings is 1. The third-order valence-electron chi connectivity index (χ3n) is 6.28. The fourth-order valence-electron chi connectivity index (χ4n) is 4.21. The van der Waals surface area contributed by atoms with E-state index >= 15 is 0 Å². The molecule has 0 aliphatic carbocycles. The lowest BCUT2D eigenvalue weighted by Crippen LogP contribution is -2.43. The predicted molar refractivity (Wildman–Crippen MR) is 143 cm³/mol. The molecule has 1 aliphatic heterocycles. The van der Waals surface area contributed by atoms with Crippen LogP contribution >= 0.6 is 11.8 Å². The lowest BCUT2D eigenvalue weighted by atomic mass is 9.96. The van der Waals surface area contributed by atoms with Crippen LogP contribution in [0.25, 0.3) is 0 Å². The van der Waals surface area contributed by atoms with E-state index in [1.54, 1.807) is 30.3 Å². The van der Waals surface area contributed by atoms with Crippen molar-refractivity contribution >= 4 is 39.3 Å². The number of hydrogen-bond donors (Lipinski definition) is 1. The van der Waals surface area contributed by atoms with Crippen molar-refractivity contribution in [3.63, 3.8) is 0 Å². The average Bonchev–Trinajstić information content (AvgIpc) is 2.90. The van der Waals surface area contributed by atoms with Gasteiger partial charge in [-0.1, -0.05) is 25.5 Å². The van der Waals surface area contributed by atoms with E-state index in [-0.39, 0.29) is 11.5 Å². The second-order valence-corrected chi connectivity index (χ2v) is 11.4. The number of unbranched alkanes of at least 4 members (excludes halogenated alkanes) is 1. The highest BCUT2D eigenvalue weighted by Gasteiger charge is 2.30. The van der Waals surface area contributed by atoms with Crippen molar-refractivity contribution in [3.8, 4) is 11.8 Å². The number of ether oxygens (including phenoxy) is 1. The van der Waals surface area contributed by atoms with Gasteiger partial charge in [-0.25, -0.2) is 13.4 Å². The lowest BCUT2D eigenvalue weighted by molar-refractivity contribution is -0.123. The van der Waals surface area contributed by atoms with Crippen LogP contribution in [0, 0.1) is 17.2 Å². The molecule has 2 aromatic rings. The predicted octanol–water partition coefficient (Wildman–Crippen LogP) is 3.92. The fourth-order valence-corrected chi connectivity index (χ4v) is 5.95. The van der Waals surface area contributed by atoms with E-state index < -0.39 is 21.8 Å². The van der Waals surface area contributed by atoms with Gasteiger partial charge in [0, 0.05) is 25.4 Å². The summed E-state index contributed by atoms with van der Waals surface area (Å²) in [4.78, 5) is 31.9. The van der Waals surface area contributed by atoms with Crippen LogP contribution in [-0.4, -0.2) is 51.5 Å². The first-order chi connectivity index (χ1) is 17.7. The van der Waals surface area contributed by atoms with Crippen LogP contribution in [-0.2, 0) is 20.6 Å². The number of anilines is 1. The molecule has 1 aromatic carbocycles. The Labute approximate surface area is 222 Å². The average molecular weight is 545 g/mol. The maximum Gasteiger partial charge on any atom is 0.239 e. The lowest BCUT2D eigenvalue weighted by Gasteiger charge is -2.32. The number of thioether (sulfide) groups is 1. The van der Waals surface area contributed by atoms with Crippen LogP contribution < -0.4 is 14.4 Å². The monoisotopic (exact) mass is 544 g/mol. The van der Waals surface area contributed by atoms with Crippen LogP contribution in [0.3, 0.4) is 0 Å². The first-order valence-corrected chi connectivity index (χ1v) is 15.0. The normalized spacial score (nSPS) is 14.2. The zero-order valence-corrected chi connectivity index (χ0v) is 23.0. The van der Waals surface area contributed by atoms with Gasteiger partial charge in [0.1, 0.15) is 22.7 Å². The molecule has 1 aromatic heterocycles. The van der Waals surface area contributed by atoms with Gasteiger partial charge in [-0.2, -0.15) is 5.26 Å². The molecule has 3 rings (SSSR count). The maximum atomic E-state index is 12.7. The Morgan fingerprint density at radius 3 is 2.49 bits per heavy atom. The third kappa shape index (κ3) is 7.46. The molecule has 2 heterocycles. The fraction of sp³-hybridized carbons (Fsp3) is 0.462. The van der Waals surface area contributed by atoms with Crippen LogP contribution in [0.15, 0.2) is 35.4 Å². The molecule has 11 heteroatoms. The minimum absolute atomic E-state index is 0.0204. The number of benzene rings is 1. The highest BCUT2D eigenvalue weighted by atomic mass is 32.2. The molecule has 1 N–H and O–H groups in total. The summed E-state index contributed by atoms with van der Waals surface area (Å²) >= 11 is 1.36. The van der Waals surface area contributed by atoms with Crippen molar-refractivity contribution in [1.82, 2.24) is 9.71 Å². The smallest absolute Gasteiger partial charge is 0.239 e. The van der Waals surface area contributed by atoms with Crippen molar-refractivity contribution in [3.05, 3.63) is 47.0 Å². The summed E-state index contributed by atoms with van der Waals surface area (Å²) in [6, 6.07) is 10.4. The highest BCUT2D eigenvalue weighted by molar-refractivity contribution is 7.98. The summed E-state index contributed by atoms with van der Waals surface area (Å²) in [5, 5.41) is 10.3. The molecular formula is C26H32N4O5S2. The second kappa shape index (κ2) is 12.9. The van der Waals surface area contributed by atoms with Gasteiger partial charge in [-0.15, -0.1) is 11.8 Å². The molecule has 1 amide bonds. The topological polar surface area (TPSA) is 129 Å². The van der Waals surface area contributed by atoms with Gasteiger partial charge >= 0.3 is 0 Å². The zero-order chi connectivity index (χ0) is 27.0.